The maximum atomic E-state index is 4.52. The lowest BCUT2D eigenvalue weighted by Gasteiger charge is -2.15. The van der Waals surface area contributed by atoms with Gasteiger partial charge in [0.15, 0.2) is 0 Å². The first-order chi connectivity index (χ1) is 14.8. The van der Waals surface area contributed by atoms with Gasteiger partial charge in [-0.3, -0.25) is 4.90 Å². The molecule has 0 aliphatic carbocycles. The highest BCUT2D eigenvalue weighted by molar-refractivity contribution is 5.91. The van der Waals surface area contributed by atoms with E-state index in [1.54, 1.807) is 6.33 Å². The number of fused-ring (bicyclic) bond motifs is 1. The van der Waals surface area contributed by atoms with Crippen LogP contribution in [0.5, 0.6) is 0 Å². The van der Waals surface area contributed by atoms with Gasteiger partial charge < -0.3 is 10.3 Å². The van der Waals surface area contributed by atoms with Crippen LogP contribution in [0, 0.1) is 0 Å². The molecule has 0 saturated carbocycles. The van der Waals surface area contributed by atoms with E-state index in [-0.39, 0.29) is 6.04 Å². The summed E-state index contributed by atoms with van der Waals surface area (Å²) < 4.78 is 0. The summed E-state index contributed by atoms with van der Waals surface area (Å²) in [5, 5.41) is 4.56. The second kappa shape index (κ2) is 8.28. The number of rotatable bonds is 6. The molecular weight excluding hydrogens is 370 g/mol. The van der Waals surface area contributed by atoms with Crippen LogP contribution in [0.4, 0.5) is 5.82 Å². The Balaban J connectivity index is 1.42. The van der Waals surface area contributed by atoms with Crippen LogP contribution in [0.25, 0.3) is 22.3 Å². The van der Waals surface area contributed by atoms with E-state index in [1.165, 1.54) is 42.6 Å². The lowest BCUT2D eigenvalue weighted by Crippen LogP contribution is -2.18. The van der Waals surface area contributed by atoms with Crippen LogP contribution in [0.1, 0.15) is 36.9 Å². The number of hydrogen-bond donors (Lipinski definition) is 2. The average molecular weight is 398 g/mol. The minimum atomic E-state index is 0.159. The van der Waals surface area contributed by atoms with Crippen LogP contribution in [-0.2, 0) is 6.54 Å². The van der Waals surface area contributed by atoms with Gasteiger partial charge in [0.05, 0.1) is 5.39 Å². The van der Waals surface area contributed by atoms with Crippen molar-refractivity contribution >= 4 is 16.9 Å². The van der Waals surface area contributed by atoms with Gasteiger partial charge in [-0.25, -0.2) is 9.97 Å². The van der Waals surface area contributed by atoms with Gasteiger partial charge in [-0.2, -0.15) is 0 Å². The van der Waals surface area contributed by atoms with Crippen molar-refractivity contribution < 1.29 is 0 Å². The Morgan fingerprint density at radius 2 is 1.83 bits per heavy atom. The number of anilines is 1. The van der Waals surface area contributed by atoms with E-state index in [0.717, 1.165) is 29.1 Å². The van der Waals surface area contributed by atoms with Crippen LogP contribution in [-0.4, -0.2) is 32.9 Å². The zero-order valence-corrected chi connectivity index (χ0v) is 17.3. The van der Waals surface area contributed by atoms with Gasteiger partial charge in [0.1, 0.15) is 17.8 Å². The molecule has 1 saturated heterocycles. The number of nitrogens with zero attached hydrogens (tertiary/aromatic N) is 3. The van der Waals surface area contributed by atoms with E-state index >= 15 is 0 Å². The minimum absolute atomic E-state index is 0.159. The molecular formula is C25H27N5. The summed E-state index contributed by atoms with van der Waals surface area (Å²) in [5.41, 5.74) is 5.70. The molecule has 3 heterocycles. The highest BCUT2D eigenvalue weighted by Gasteiger charge is 2.14. The fourth-order valence-electron chi connectivity index (χ4n) is 4.28. The molecule has 0 unspecified atom stereocenters. The Morgan fingerprint density at radius 3 is 2.67 bits per heavy atom. The minimum Gasteiger partial charge on any atom is -0.363 e. The number of hydrogen-bond acceptors (Lipinski definition) is 4. The molecule has 4 aromatic rings. The lowest BCUT2D eigenvalue weighted by atomic mass is 10.1. The van der Waals surface area contributed by atoms with Crippen LogP contribution in [0.3, 0.4) is 0 Å². The van der Waals surface area contributed by atoms with Gasteiger partial charge in [-0.05, 0) is 61.7 Å². The molecule has 1 aliphatic heterocycles. The van der Waals surface area contributed by atoms with Crippen molar-refractivity contribution in [3.8, 4) is 11.3 Å². The number of aromatic amines is 1. The number of nitrogens with one attached hydrogen (secondary N) is 2. The van der Waals surface area contributed by atoms with Crippen molar-refractivity contribution in [2.75, 3.05) is 18.4 Å². The topological polar surface area (TPSA) is 56.8 Å². The number of likely N-dealkylation sites (tertiary alicyclic amines) is 1. The van der Waals surface area contributed by atoms with Crippen molar-refractivity contribution in [1.29, 1.82) is 0 Å². The quantitative estimate of drug-likeness (QED) is 0.458. The van der Waals surface area contributed by atoms with Crippen LogP contribution >= 0.6 is 0 Å². The zero-order valence-electron chi connectivity index (χ0n) is 17.3. The molecule has 0 spiro atoms. The molecule has 2 N–H and O–H groups in total. The average Bonchev–Trinajstić information content (AvgIpc) is 3.45. The van der Waals surface area contributed by atoms with Gasteiger partial charge in [0, 0.05) is 18.3 Å². The molecule has 5 rings (SSSR count). The van der Waals surface area contributed by atoms with Gasteiger partial charge in [0.25, 0.3) is 0 Å². The van der Waals surface area contributed by atoms with Crippen molar-refractivity contribution in [3.63, 3.8) is 0 Å². The van der Waals surface area contributed by atoms with E-state index in [9.17, 15) is 0 Å². The molecule has 1 aliphatic rings. The van der Waals surface area contributed by atoms with Crippen molar-refractivity contribution in [1.82, 2.24) is 19.9 Å². The third-order valence-electron chi connectivity index (χ3n) is 5.92. The molecule has 5 nitrogen and oxygen atoms in total. The molecule has 5 heteroatoms. The predicted molar refractivity (Wildman–Crippen MR) is 122 cm³/mol. The van der Waals surface area contributed by atoms with Gasteiger partial charge in [-0.15, -0.1) is 0 Å². The Bertz CT molecular complexity index is 1130. The number of H-pyrrole nitrogens is 1. The standard InChI is InChI=1S/C25H27N5/c1-18(20-9-3-2-4-10-20)28-24-22-15-23(29-25(22)27-17-26-24)21-11-7-8-19(14-21)16-30-12-5-6-13-30/h2-4,7-11,14-15,17-18H,5-6,12-13,16H2,1H3,(H2,26,27,28,29)/t18-/m1/s1. The van der Waals surface area contributed by atoms with Crippen molar-refractivity contribution in [2.24, 2.45) is 0 Å². The van der Waals surface area contributed by atoms with E-state index in [1.807, 2.05) is 6.07 Å². The predicted octanol–water partition coefficient (Wildman–Crippen LogP) is 5.39. The smallest absolute Gasteiger partial charge is 0.143 e. The highest BCUT2D eigenvalue weighted by atomic mass is 15.1. The second-order valence-corrected chi connectivity index (χ2v) is 8.13. The largest absolute Gasteiger partial charge is 0.363 e. The maximum absolute atomic E-state index is 4.52. The summed E-state index contributed by atoms with van der Waals surface area (Å²) >= 11 is 0. The number of aromatic nitrogens is 3. The van der Waals surface area contributed by atoms with Crippen molar-refractivity contribution in [3.05, 3.63) is 78.1 Å². The Morgan fingerprint density at radius 1 is 1.00 bits per heavy atom. The first-order valence-corrected chi connectivity index (χ1v) is 10.7. The van der Waals surface area contributed by atoms with Crippen LogP contribution in [0.2, 0.25) is 0 Å². The summed E-state index contributed by atoms with van der Waals surface area (Å²) in [6.07, 6.45) is 4.25. The van der Waals surface area contributed by atoms with Crippen LogP contribution < -0.4 is 5.32 Å². The van der Waals surface area contributed by atoms with Gasteiger partial charge in [-0.1, -0.05) is 48.5 Å². The van der Waals surface area contributed by atoms with Gasteiger partial charge in [0.2, 0.25) is 0 Å². The summed E-state index contributed by atoms with van der Waals surface area (Å²) in [7, 11) is 0. The zero-order chi connectivity index (χ0) is 20.3. The lowest BCUT2D eigenvalue weighted by molar-refractivity contribution is 0.331. The van der Waals surface area contributed by atoms with E-state index in [2.05, 4.69) is 86.7 Å². The summed E-state index contributed by atoms with van der Waals surface area (Å²) in [4.78, 5) is 15.0. The maximum Gasteiger partial charge on any atom is 0.143 e. The molecule has 1 atom stereocenters. The molecule has 152 valence electrons. The summed E-state index contributed by atoms with van der Waals surface area (Å²) in [6, 6.07) is 21.6. The first-order valence-electron chi connectivity index (χ1n) is 10.7. The van der Waals surface area contributed by atoms with E-state index in [0.29, 0.717) is 0 Å². The molecule has 1 fully saturated rings. The fourth-order valence-corrected chi connectivity index (χ4v) is 4.28. The molecule has 0 bridgehead atoms. The molecule has 0 radical (unpaired) electrons. The Kier molecular flexibility index (Phi) is 5.20. The first kappa shape index (κ1) is 18.8. The SMILES string of the molecule is C[C@@H](Nc1ncnc2[nH]c(-c3cccc(CN4CCCC4)c3)cc12)c1ccccc1. The molecule has 0 amide bonds. The molecule has 30 heavy (non-hydrogen) atoms. The second-order valence-electron chi connectivity index (χ2n) is 8.13. The monoisotopic (exact) mass is 397 g/mol. The van der Waals surface area contributed by atoms with Crippen LogP contribution in [0.15, 0.2) is 67.0 Å². The Hall–Kier alpha value is -3.18. The third-order valence-corrected chi connectivity index (χ3v) is 5.92. The number of benzene rings is 2. The van der Waals surface area contributed by atoms with E-state index < -0.39 is 0 Å². The summed E-state index contributed by atoms with van der Waals surface area (Å²) in [5.74, 6) is 0.854. The Labute approximate surface area is 177 Å². The molecule has 2 aromatic carbocycles. The highest BCUT2D eigenvalue weighted by Crippen LogP contribution is 2.29. The fraction of sp³-hybridized carbons (Fsp3) is 0.280. The van der Waals surface area contributed by atoms with E-state index in [4.69, 9.17) is 0 Å². The third kappa shape index (κ3) is 3.94. The molecule has 2 aromatic heterocycles. The summed E-state index contributed by atoms with van der Waals surface area (Å²) in [6.45, 7) is 5.59. The van der Waals surface area contributed by atoms with Crippen molar-refractivity contribution in [2.45, 2.75) is 32.4 Å². The normalized spacial score (nSPS) is 15.5. The van der Waals surface area contributed by atoms with Gasteiger partial charge >= 0.3 is 0 Å².